The molecule has 7 heteroatoms. The van der Waals surface area contributed by atoms with Crippen molar-refractivity contribution in [2.75, 3.05) is 25.0 Å². The van der Waals surface area contributed by atoms with Crippen LogP contribution < -0.4 is 5.32 Å². The van der Waals surface area contributed by atoms with Crippen LogP contribution in [-0.4, -0.2) is 47.5 Å². The molecule has 0 aliphatic carbocycles. The summed E-state index contributed by atoms with van der Waals surface area (Å²) in [7, 11) is 0. The van der Waals surface area contributed by atoms with E-state index < -0.39 is 5.97 Å². The van der Waals surface area contributed by atoms with Crippen LogP contribution in [0.4, 0.5) is 5.13 Å². The van der Waals surface area contributed by atoms with Crippen LogP contribution in [0.5, 0.6) is 0 Å². The van der Waals surface area contributed by atoms with E-state index in [0.29, 0.717) is 30.5 Å². The number of carbonyl (C=O) groups excluding carboxylic acids is 2. The fourth-order valence-electron chi connectivity index (χ4n) is 1.90. The molecule has 0 bridgehead atoms. The molecule has 0 saturated heterocycles. The van der Waals surface area contributed by atoms with Crippen LogP contribution in [0.1, 0.15) is 43.1 Å². The van der Waals surface area contributed by atoms with Gasteiger partial charge in [0.2, 0.25) is 5.91 Å². The van der Waals surface area contributed by atoms with Gasteiger partial charge in [0.05, 0.1) is 6.61 Å². The topological polar surface area (TPSA) is 71.5 Å². The molecule has 1 aromatic heterocycles. The molecular formula is C14H23N3O3S. The van der Waals surface area contributed by atoms with E-state index in [1.54, 1.807) is 18.7 Å². The standard InChI is InChI=1S/C14H23N3O3S/c1-6-17(7-2)12(18)9(4)15-14-16-11(10(5)21-14)13(19)20-8-3/h9H,6-8H2,1-5H3,(H,15,16). The van der Waals surface area contributed by atoms with Gasteiger partial charge in [-0.25, -0.2) is 9.78 Å². The van der Waals surface area contributed by atoms with E-state index in [9.17, 15) is 9.59 Å². The molecule has 1 aromatic rings. The highest BCUT2D eigenvalue weighted by Crippen LogP contribution is 2.23. The molecule has 6 nitrogen and oxygen atoms in total. The number of hydrogen-bond donors (Lipinski definition) is 1. The Hall–Kier alpha value is -1.63. The lowest BCUT2D eigenvalue weighted by molar-refractivity contribution is -0.131. The quantitative estimate of drug-likeness (QED) is 0.782. The molecule has 118 valence electrons. The largest absolute Gasteiger partial charge is 0.461 e. The number of nitrogens with one attached hydrogen (secondary N) is 1. The number of thiazole rings is 1. The molecular weight excluding hydrogens is 290 g/mol. The van der Waals surface area contributed by atoms with E-state index >= 15 is 0 Å². The second-order valence-corrected chi connectivity index (χ2v) is 5.72. The minimum absolute atomic E-state index is 0.0190. The second-order valence-electron chi connectivity index (χ2n) is 4.52. The predicted octanol–water partition coefficient (Wildman–Crippen LogP) is 2.30. The highest BCUT2D eigenvalue weighted by atomic mass is 32.1. The Morgan fingerprint density at radius 2 is 1.95 bits per heavy atom. The molecule has 0 saturated carbocycles. The number of anilines is 1. The number of likely N-dealkylation sites (N-methyl/N-ethyl adjacent to an activating group) is 1. The number of esters is 1. The van der Waals surface area contributed by atoms with Gasteiger partial charge in [-0.15, -0.1) is 11.3 Å². The van der Waals surface area contributed by atoms with E-state index in [4.69, 9.17) is 4.74 Å². The normalized spacial score (nSPS) is 11.9. The first kappa shape index (κ1) is 17.4. The van der Waals surface area contributed by atoms with Crippen molar-refractivity contribution < 1.29 is 14.3 Å². The zero-order chi connectivity index (χ0) is 16.0. The molecule has 1 amide bonds. The van der Waals surface area contributed by atoms with Crippen LogP contribution in [0.2, 0.25) is 0 Å². The third-order valence-corrected chi connectivity index (χ3v) is 3.95. The minimum Gasteiger partial charge on any atom is -0.461 e. The van der Waals surface area contributed by atoms with Crippen molar-refractivity contribution in [3.8, 4) is 0 Å². The lowest BCUT2D eigenvalue weighted by Crippen LogP contribution is -2.41. The van der Waals surface area contributed by atoms with Gasteiger partial charge in [-0.3, -0.25) is 4.79 Å². The van der Waals surface area contributed by atoms with Gasteiger partial charge in [-0.2, -0.15) is 0 Å². The van der Waals surface area contributed by atoms with Gasteiger partial charge < -0.3 is 15.0 Å². The predicted molar refractivity (Wildman–Crippen MR) is 83.8 cm³/mol. The van der Waals surface area contributed by atoms with Crippen molar-refractivity contribution in [1.82, 2.24) is 9.88 Å². The number of hydrogen-bond acceptors (Lipinski definition) is 6. The zero-order valence-electron chi connectivity index (χ0n) is 13.2. The van der Waals surface area contributed by atoms with Crippen LogP contribution in [-0.2, 0) is 9.53 Å². The molecule has 1 rings (SSSR count). The summed E-state index contributed by atoms with van der Waals surface area (Å²) < 4.78 is 4.95. The highest BCUT2D eigenvalue weighted by molar-refractivity contribution is 7.15. The van der Waals surface area contributed by atoms with Crippen LogP contribution in [0, 0.1) is 6.92 Å². The Morgan fingerprint density at radius 1 is 1.33 bits per heavy atom. The molecule has 0 aliphatic rings. The summed E-state index contributed by atoms with van der Waals surface area (Å²) in [5.41, 5.74) is 0.312. The smallest absolute Gasteiger partial charge is 0.358 e. The maximum atomic E-state index is 12.2. The monoisotopic (exact) mass is 313 g/mol. The van der Waals surface area contributed by atoms with Crippen molar-refractivity contribution in [3.63, 3.8) is 0 Å². The van der Waals surface area contributed by atoms with Crippen molar-refractivity contribution in [1.29, 1.82) is 0 Å². The summed E-state index contributed by atoms with van der Waals surface area (Å²) in [4.78, 5) is 30.7. The first-order valence-corrected chi connectivity index (χ1v) is 7.96. The molecule has 1 atom stereocenters. The van der Waals surface area contributed by atoms with Gasteiger partial charge >= 0.3 is 5.97 Å². The Labute approximate surface area is 129 Å². The van der Waals surface area contributed by atoms with Crippen molar-refractivity contribution in [2.45, 2.75) is 40.7 Å². The van der Waals surface area contributed by atoms with Gasteiger partial charge in [-0.05, 0) is 34.6 Å². The average Bonchev–Trinajstić information content (AvgIpc) is 2.81. The summed E-state index contributed by atoms with van der Waals surface area (Å²) in [5, 5.41) is 3.62. The van der Waals surface area contributed by atoms with Gasteiger partial charge in [0.15, 0.2) is 10.8 Å². The van der Waals surface area contributed by atoms with Gasteiger partial charge in [-0.1, -0.05) is 0 Å². The maximum Gasteiger partial charge on any atom is 0.358 e. The number of rotatable bonds is 7. The fourth-order valence-corrected chi connectivity index (χ4v) is 2.79. The van der Waals surface area contributed by atoms with E-state index in [1.807, 2.05) is 20.8 Å². The van der Waals surface area contributed by atoms with E-state index in [2.05, 4.69) is 10.3 Å². The lowest BCUT2D eigenvalue weighted by Gasteiger charge is -2.23. The van der Waals surface area contributed by atoms with E-state index in [0.717, 1.165) is 4.88 Å². The second kappa shape index (κ2) is 7.97. The number of carbonyl (C=O) groups is 2. The molecule has 1 unspecified atom stereocenters. The molecule has 0 spiro atoms. The Kier molecular flexibility index (Phi) is 6.61. The number of amides is 1. The van der Waals surface area contributed by atoms with Crippen molar-refractivity contribution in [2.24, 2.45) is 0 Å². The van der Waals surface area contributed by atoms with Crippen LogP contribution in [0.25, 0.3) is 0 Å². The maximum absolute atomic E-state index is 12.2. The molecule has 0 radical (unpaired) electrons. The molecule has 0 aliphatic heterocycles. The van der Waals surface area contributed by atoms with Crippen LogP contribution in [0.3, 0.4) is 0 Å². The first-order chi connectivity index (χ1) is 9.94. The molecule has 1 heterocycles. The third kappa shape index (κ3) is 4.42. The Balaban J connectivity index is 2.77. The number of nitrogens with zero attached hydrogens (tertiary/aromatic N) is 2. The Bertz CT molecular complexity index is 498. The Morgan fingerprint density at radius 3 is 2.48 bits per heavy atom. The van der Waals surface area contributed by atoms with E-state index in [1.165, 1.54) is 11.3 Å². The molecule has 1 N–H and O–H groups in total. The van der Waals surface area contributed by atoms with Crippen LogP contribution >= 0.6 is 11.3 Å². The van der Waals surface area contributed by atoms with Crippen molar-refractivity contribution >= 4 is 28.3 Å². The van der Waals surface area contributed by atoms with E-state index in [-0.39, 0.29) is 11.9 Å². The number of aromatic nitrogens is 1. The highest BCUT2D eigenvalue weighted by Gasteiger charge is 2.21. The number of ether oxygens (including phenoxy) is 1. The SMILES string of the molecule is CCOC(=O)c1nc(NC(C)C(=O)N(CC)CC)sc1C. The van der Waals surface area contributed by atoms with Gasteiger partial charge in [0.1, 0.15) is 6.04 Å². The summed E-state index contributed by atoms with van der Waals surface area (Å²) in [6, 6.07) is -0.384. The van der Waals surface area contributed by atoms with Crippen molar-refractivity contribution in [3.05, 3.63) is 10.6 Å². The zero-order valence-corrected chi connectivity index (χ0v) is 14.0. The summed E-state index contributed by atoms with van der Waals surface area (Å²) >= 11 is 1.35. The van der Waals surface area contributed by atoms with Gasteiger partial charge in [0, 0.05) is 18.0 Å². The number of aryl methyl sites for hydroxylation is 1. The first-order valence-electron chi connectivity index (χ1n) is 7.14. The minimum atomic E-state index is -0.429. The average molecular weight is 313 g/mol. The summed E-state index contributed by atoms with van der Waals surface area (Å²) in [5.74, 6) is -0.410. The molecule has 0 aromatic carbocycles. The van der Waals surface area contributed by atoms with Gasteiger partial charge in [0.25, 0.3) is 0 Å². The molecule has 0 fully saturated rings. The fraction of sp³-hybridized carbons (Fsp3) is 0.643. The molecule has 21 heavy (non-hydrogen) atoms. The van der Waals surface area contributed by atoms with Crippen LogP contribution in [0.15, 0.2) is 0 Å². The summed E-state index contributed by atoms with van der Waals surface area (Å²) in [6.07, 6.45) is 0. The summed E-state index contributed by atoms with van der Waals surface area (Å²) in [6.45, 7) is 10.9. The third-order valence-electron chi connectivity index (χ3n) is 3.05. The lowest BCUT2D eigenvalue weighted by atomic mass is 10.3.